The molecule has 0 atom stereocenters. The molecule has 8 heteroatoms. The van der Waals surface area contributed by atoms with Gasteiger partial charge in [0, 0.05) is 16.4 Å². The monoisotopic (exact) mass is 388 g/mol. The number of nitrogens with zero attached hydrogens (tertiary/aromatic N) is 3. The molecule has 1 amide bonds. The van der Waals surface area contributed by atoms with Crippen LogP contribution in [0.15, 0.2) is 53.7 Å². The molecule has 1 aromatic heterocycles. The number of halogens is 1. The summed E-state index contributed by atoms with van der Waals surface area (Å²) in [5.41, 5.74) is 1.61. The molecular formula is C18H17ClN4O2S. The van der Waals surface area contributed by atoms with Gasteiger partial charge in [0.25, 0.3) is 0 Å². The fraction of sp³-hybridized carbons (Fsp3) is 0.167. The third-order valence-electron chi connectivity index (χ3n) is 3.59. The van der Waals surface area contributed by atoms with Crippen molar-refractivity contribution in [3.63, 3.8) is 0 Å². The molecule has 0 bridgehead atoms. The number of methoxy groups -OCH3 is 1. The Balaban J connectivity index is 1.68. The summed E-state index contributed by atoms with van der Waals surface area (Å²) in [4.78, 5) is 12.2. The molecule has 0 fully saturated rings. The van der Waals surface area contributed by atoms with E-state index in [1.54, 1.807) is 31.4 Å². The largest absolute Gasteiger partial charge is 0.497 e. The summed E-state index contributed by atoms with van der Waals surface area (Å²) in [6.45, 7) is 1.87. The van der Waals surface area contributed by atoms with Crippen LogP contribution in [0.3, 0.4) is 0 Å². The fourth-order valence-electron chi connectivity index (χ4n) is 2.33. The van der Waals surface area contributed by atoms with Crippen molar-refractivity contribution in [2.24, 2.45) is 0 Å². The summed E-state index contributed by atoms with van der Waals surface area (Å²) in [5.74, 6) is 1.61. The number of thioether (sulfide) groups is 1. The van der Waals surface area contributed by atoms with Gasteiger partial charge < -0.3 is 10.1 Å². The summed E-state index contributed by atoms with van der Waals surface area (Å²) in [7, 11) is 1.62. The molecular weight excluding hydrogens is 372 g/mol. The standard InChI is InChI=1S/C18H17ClN4O2S/c1-12-21-22-18(23(12)15-7-9-16(25-2)10-8-15)26-11-17(24)20-14-5-3-13(19)4-6-14/h3-10H,11H2,1-2H3,(H,20,24). The van der Waals surface area contributed by atoms with E-state index in [0.29, 0.717) is 15.9 Å². The van der Waals surface area contributed by atoms with Crippen molar-refractivity contribution < 1.29 is 9.53 Å². The van der Waals surface area contributed by atoms with Crippen LogP contribution in [-0.2, 0) is 4.79 Å². The van der Waals surface area contributed by atoms with Crippen molar-refractivity contribution in [3.05, 3.63) is 59.4 Å². The Hall–Kier alpha value is -2.51. The van der Waals surface area contributed by atoms with E-state index in [2.05, 4.69) is 15.5 Å². The average Bonchev–Trinajstić information content (AvgIpc) is 3.02. The minimum Gasteiger partial charge on any atom is -0.497 e. The summed E-state index contributed by atoms with van der Waals surface area (Å²) >= 11 is 7.17. The normalized spacial score (nSPS) is 10.6. The SMILES string of the molecule is COc1ccc(-n2c(C)nnc2SCC(=O)Nc2ccc(Cl)cc2)cc1. The molecule has 6 nitrogen and oxygen atoms in total. The first-order valence-electron chi connectivity index (χ1n) is 7.81. The summed E-state index contributed by atoms with van der Waals surface area (Å²) in [6.07, 6.45) is 0. The van der Waals surface area contributed by atoms with Crippen LogP contribution in [0.1, 0.15) is 5.82 Å². The molecule has 3 rings (SSSR count). The highest BCUT2D eigenvalue weighted by Gasteiger charge is 2.13. The zero-order valence-electron chi connectivity index (χ0n) is 14.3. The minimum absolute atomic E-state index is 0.126. The molecule has 3 aromatic rings. The molecule has 0 aliphatic carbocycles. The zero-order valence-corrected chi connectivity index (χ0v) is 15.8. The van der Waals surface area contributed by atoms with Crippen LogP contribution in [0.5, 0.6) is 5.75 Å². The Morgan fingerprint density at radius 3 is 2.50 bits per heavy atom. The number of hydrogen-bond acceptors (Lipinski definition) is 5. The van der Waals surface area contributed by atoms with Gasteiger partial charge in [-0.3, -0.25) is 9.36 Å². The lowest BCUT2D eigenvalue weighted by molar-refractivity contribution is -0.113. The Kier molecular flexibility index (Phi) is 5.80. The van der Waals surface area contributed by atoms with Gasteiger partial charge in [-0.25, -0.2) is 0 Å². The van der Waals surface area contributed by atoms with Gasteiger partial charge in [0.2, 0.25) is 5.91 Å². The molecule has 0 spiro atoms. The Morgan fingerprint density at radius 2 is 1.85 bits per heavy atom. The van der Waals surface area contributed by atoms with E-state index in [1.807, 2.05) is 35.8 Å². The van der Waals surface area contributed by atoms with Crippen LogP contribution in [0, 0.1) is 6.92 Å². The van der Waals surface area contributed by atoms with E-state index in [1.165, 1.54) is 11.8 Å². The fourth-order valence-corrected chi connectivity index (χ4v) is 3.25. The lowest BCUT2D eigenvalue weighted by Gasteiger charge is -2.09. The van der Waals surface area contributed by atoms with Crippen LogP contribution in [-0.4, -0.2) is 33.5 Å². The number of anilines is 1. The molecule has 0 aliphatic rings. The van der Waals surface area contributed by atoms with Gasteiger partial charge in [0.05, 0.1) is 12.9 Å². The van der Waals surface area contributed by atoms with Gasteiger partial charge in [-0.2, -0.15) is 0 Å². The number of ether oxygens (including phenoxy) is 1. The van der Waals surface area contributed by atoms with Crippen molar-refractivity contribution in [3.8, 4) is 11.4 Å². The molecule has 134 valence electrons. The van der Waals surface area contributed by atoms with Crippen LogP contribution in [0.4, 0.5) is 5.69 Å². The number of aryl methyl sites for hydroxylation is 1. The number of hydrogen-bond donors (Lipinski definition) is 1. The van der Waals surface area contributed by atoms with Gasteiger partial charge in [0.1, 0.15) is 11.6 Å². The minimum atomic E-state index is -0.126. The Labute approximate surface area is 160 Å². The highest BCUT2D eigenvalue weighted by atomic mass is 35.5. The molecule has 0 aliphatic heterocycles. The van der Waals surface area contributed by atoms with Crippen molar-refractivity contribution in [1.82, 2.24) is 14.8 Å². The second-order valence-electron chi connectivity index (χ2n) is 5.41. The second-order valence-corrected chi connectivity index (χ2v) is 6.79. The number of nitrogens with one attached hydrogen (secondary N) is 1. The number of aromatic nitrogens is 3. The molecule has 1 N–H and O–H groups in total. The van der Waals surface area contributed by atoms with E-state index in [0.717, 1.165) is 17.3 Å². The highest BCUT2D eigenvalue weighted by molar-refractivity contribution is 7.99. The quantitative estimate of drug-likeness (QED) is 0.647. The predicted octanol–water partition coefficient (Wildman–Crippen LogP) is 3.97. The number of carbonyl (C=O) groups excluding carboxylic acids is 1. The maximum atomic E-state index is 12.2. The molecule has 1 heterocycles. The second kappa shape index (κ2) is 8.25. The molecule has 0 saturated carbocycles. The number of rotatable bonds is 6. The maximum Gasteiger partial charge on any atom is 0.234 e. The van der Waals surface area contributed by atoms with Gasteiger partial charge in [-0.15, -0.1) is 10.2 Å². The molecule has 0 unspecified atom stereocenters. The van der Waals surface area contributed by atoms with Crippen molar-refractivity contribution in [1.29, 1.82) is 0 Å². The van der Waals surface area contributed by atoms with Gasteiger partial charge in [-0.1, -0.05) is 23.4 Å². The summed E-state index contributed by atoms with van der Waals surface area (Å²) in [6, 6.07) is 14.6. The first kappa shape index (κ1) is 18.3. The van der Waals surface area contributed by atoms with E-state index in [9.17, 15) is 4.79 Å². The van der Waals surface area contributed by atoms with Crippen LogP contribution < -0.4 is 10.1 Å². The smallest absolute Gasteiger partial charge is 0.234 e. The highest BCUT2D eigenvalue weighted by Crippen LogP contribution is 2.23. The first-order valence-corrected chi connectivity index (χ1v) is 9.18. The predicted molar refractivity (Wildman–Crippen MR) is 103 cm³/mol. The maximum absolute atomic E-state index is 12.2. The molecule has 0 saturated heterocycles. The zero-order chi connectivity index (χ0) is 18.5. The Bertz CT molecular complexity index is 895. The van der Waals surface area contributed by atoms with Crippen LogP contribution in [0.25, 0.3) is 5.69 Å². The van der Waals surface area contributed by atoms with E-state index >= 15 is 0 Å². The van der Waals surface area contributed by atoms with Gasteiger partial charge >= 0.3 is 0 Å². The van der Waals surface area contributed by atoms with Gasteiger partial charge in [-0.05, 0) is 55.5 Å². The summed E-state index contributed by atoms with van der Waals surface area (Å²) in [5, 5.41) is 12.4. The third kappa shape index (κ3) is 4.36. The van der Waals surface area contributed by atoms with E-state index in [-0.39, 0.29) is 11.7 Å². The molecule has 26 heavy (non-hydrogen) atoms. The van der Waals surface area contributed by atoms with Crippen molar-refractivity contribution >= 4 is 35.0 Å². The van der Waals surface area contributed by atoms with Gasteiger partial charge in [0.15, 0.2) is 5.16 Å². The van der Waals surface area contributed by atoms with Crippen LogP contribution in [0.2, 0.25) is 5.02 Å². The van der Waals surface area contributed by atoms with Crippen molar-refractivity contribution in [2.75, 3.05) is 18.2 Å². The molecule has 2 aromatic carbocycles. The number of amides is 1. The van der Waals surface area contributed by atoms with Crippen LogP contribution >= 0.6 is 23.4 Å². The lowest BCUT2D eigenvalue weighted by atomic mass is 10.3. The lowest BCUT2D eigenvalue weighted by Crippen LogP contribution is -2.14. The third-order valence-corrected chi connectivity index (χ3v) is 4.77. The van der Waals surface area contributed by atoms with E-state index in [4.69, 9.17) is 16.3 Å². The topological polar surface area (TPSA) is 69.0 Å². The number of carbonyl (C=O) groups is 1. The van der Waals surface area contributed by atoms with Crippen molar-refractivity contribution in [2.45, 2.75) is 12.1 Å². The van der Waals surface area contributed by atoms with E-state index < -0.39 is 0 Å². The number of benzene rings is 2. The first-order chi connectivity index (χ1) is 12.6. The Morgan fingerprint density at radius 1 is 1.15 bits per heavy atom. The average molecular weight is 389 g/mol. The summed E-state index contributed by atoms with van der Waals surface area (Å²) < 4.78 is 7.09. The molecule has 0 radical (unpaired) electrons.